The summed E-state index contributed by atoms with van der Waals surface area (Å²) in [5.74, 6) is -0.710. The van der Waals surface area contributed by atoms with Crippen molar-refractivity contribution in [1.29, 1.82) is 0 Å². The number of aromatic nitrogens is 1. The number of hydrogen-bond acceptors (Lipinski definition) is 7. The third-order valence-electron chi connectivity index (χ3n) is 6.41. The van der Waals surface area contributed by atoms with Crippen LogP contribution in [0.5, 0.6) is 0 Å². The smallest absolute Gasteiger partial charge is 0.325 e. The molecule has 2 aliphatic heterocycles. The highest BCUT2D eigenvalue weighted by atomic mass is 32.2. The molecule has 1 atom stereocenters. The molecule has 1 aromatic carbocycles. The molecule has 0 radical (unpaired) electrons. The number of nitrogens with one attached hydrogen (secondary N) is 1. The zero-order chi connectivity index (χ0) is 24.8. The molecule has 0 bridgehead atoms. The Labute approximate surface area is 197 Å². The van der Waals surface area contributed by atoms with Crippen LogP contribution in [0.4, 0.5) is 4.79 Å². The average Bonchev–Trinajstić information content (AvgIpc) is 3.25. The summed E-state index contributed by atoms with van der Waals surface area (Å²) in [6.45, 7) is 6.60. The normalized spacial score (nSPS) is 21.8. The van der Waals surface area contributed by atoms with Crippen LogP contribution in [0.3, 0.4) is 0 Å². The van der Waals surface area contributed by atoms with E-state index in [1.165, 1.54) is 16.1 Å². The van der Waals surface area contributed by atoms with Gasteiger partial charge in [-0.25, -0.2) is 13.2 Å². The summed E-state index contributed by atoms with van der Waals surface area (Å²) in [6, 6.07) is 6.62. The number of imide groups is 1. The molecule has 182 valence electrons. The summed E-state index contributed by atoms with van der Waals surface area (Å²) in [5, 5.41) is 6.42. The van der Waals surface area contributed by atoms with Crippen LogP contribution in [0.2, 0.25) is 0 Å². The van der Waals surface area contributed by atoms with Crippen molar-refractivity contribution < 1.29 is 27.3 Å². The average molecular weight is 490 g/mol. The Kier molecular flexibility index (Phi) is 5.98. The molecule has 1 aromatic heterocycles. The molecule has 1 N–H and O–H groups in total. The minimum atomic E-state index is -3.81. The van der Waals surface area contributed by atoms with E-state index in [-0.39, 0.29) is 42.5 Å². The fourth-order valence-corrected chi connectivity index (χ4v) is 6.26. The third-order valence-corrected chi connectivity index (χ3v) is 8.55. The number of carbonyl (C=O) groups is 3. The molecule has 2 fully saturated rings. The van der Waals surface area contributed by atoms with Crippen LogP contribution in [0.15, 0.2) is 33.7 Å². The molecular weight excluding hydrogens is 462 g/mol. The fraction of sp³-hybridized carbons (Fsp3) is 0.455. The molecule has 2 saturated heterocycles. The largest absolute Gasteiger partial charge is 0.360 e. The Hall–Kier alpha value is -3.25. The molecule has 2 aliphatic rings. The standard InChI is InChI=1S/C22H27N5O6S/c1-14-7-5-6-8-17(14)22(4)20(29)27(21(30)23-22)13-18(28)25-9-11-26(12-10-25)34(31,32)19-15(2)24-33-16(19)3/h5-8H,9-13H2,1-4H3,(H,23,30). The van der Waals surface area contributed by atoms with Gasteiger partial charge in [0, 0.05) is 26.2 Å². The van der Waals surface area contributed by atoms with Crippen LogP contribution < -0.4 is 5.32 Å². The molecular formula is C22H27N5O6S. The van der Waals surface area contributed by atoms with Crippen molar-refractivity contribution in [2.45, 2.75) is 38.1 Å². The Bertz CT molecular complexity index is 1240. The van der Waals surface area contributed by atoms with E-state index in [9.17, 15) is 22.8 Å². The molecule has 1 unspecified atom stereocenters. The van der Waals surface area contributed by atoms with E-state index >= 15 is 0 Å². The van der Waals surface area contributed by atoms with Gasteiger partial charge in [0.1, 0.15) is 22.7 Å². The maximum atomic E-state index is 13.2. The Morgan fingerprint density at radius 3 is 2.35 bits per heavy atom. The minimum absolute atomic E-state index is 0.0436. The summed E-state index contributed by atoms with van der Waals surface area (Å²) >= 11 is 0. The van der Waals surface area contributed by atoms with Crippen LogP contribution in [-0.2, 0) is 25.2 Å². The van der Waals surface area contributed by atoms with Gasteiger partial charge in [-0.1, -0.05) is 29.4 Å². The molecule has 0 spiro atoms. The molecule has 0 aliphatic carbocycles. The summed E-state index contributed by atoms with van der Waals surface area (Å²) in [4.78, 5) is 41.1. The number of rotatable bonds is 5. The van der Waals surface area contributed by atoms with Crippen molar-refractivity contribution in [3.8, 4) is 0 Å². The van der Waals surface area contributed by atoms with Crippen LogP contribution in [0.25, 0.3) is 0 Å². The van der Waals surface area contributed by atoms with Gasteiger partial charge in [-0.2, -0.15) is 4.31 Å². The Morgan fingerprint density at radius 1 is 1.12 bits per heavy atom. The topological polar surface area (TPSA) is 133 Å². The number of hydrogen-bond donors (Lipinski definition) is 1. The van der Waals surface area contributed by atoms with Gasteiger partial charge in [0.25, 0.3) is 5.91 Å². The number of sulfonamides is 1. The summed E-state index contributed by atoms with van der Waals surface area (Å²) in [7, 11) is -3.81. The lowest BCUT2D eigenvalue weighted by Crippen LogP contribution is -2.53. The van der Waals surface area contributed by atoms with Crippen molar-refractivity contribution in [3.05, 3.63) is 46.8 Å². The quantitative estimate of drug-likeness (QED) is 0.617. The van der Waals surface area contributed by atoms with Crippen molar-refractivity contribution in [2.24, 2.45) is 0 Å². The predicted molar refractivity (Wildman–Crippen MR) is 120 cm³/mol. The Balaban J connectivity index is 1.42. The van der Waals surface area contributed by atoms with Crippen molar-refractivity contribution in [1.82, 2.24) is 24.6 Å². The first kappa shape index (κ1) is 23.9. The van der Waals surface area contributed by atoms with E-state index in [1.807, 2.05) is 19.1 Å². The monoisotopic (exact) mass is 489 g/mol. The van der Waals surface area contributed by atoms with E-state index in [0.29, 0.717) is 5.56 Å². The van der Waals surface area contributed by atoms with Gasteiger partial charge >= 0.3 is 6.03 Å². The number of nitrogens with zero attached hydrogens (tertiary/aromatic N) is 4. The number of urea groups is 1. The number of piperazine rings is 1. The highest BCUT2D eigenvalue weighted by Gasteiger charge is 2.50. The molecule has 3 heterocycles. The number of carbonyl (C=O) groups excluding carboxylic acids is 3. The van der Waals surface area contributed by atoms with Crippen molar-refractivity contribution in [3.63, 3.8) is 0 Å². The lowest BCUT2D eigenvalue weighted by atomic mass is 9.88. The second kappa shape index (κ2) is 8.51. The van der Waals surface area contributed by atoms with Crippen molar-refractivity contribution >= 4 is 27.9 Å². The van der Waals surface area contributed by atoms with Gasteiger partial charge in [-0.3, -0.25) is 14.5 Å². The molecule has 11 nitrogen and oxygen atoms in total. The zero-order valence-electron chi connectivity index (χ0n) is 19.5. The van der Waals surface area contributed by atoms with Gasteiger partial charge in [0.2, 0.25) is 15.9 Å². The first-order chi connectivity index (χ1) is 16.0. The minimum Gasteiger partial charge on any atom is -0.360 e. The van der Waals surface area contributed by atoms with Crippen LogP contribution in [0, 0.1) is 20.8 Å². The van der Waals surface area contributed by atoms with Crippen LogP contribution >= 0.6 is 0 Å². The molecule has 34 heavy (non-hydrogen) atoms. The predicted octanol–water partition coefficient (Wildman–Crippen LogP) is 0.900. The molecule has 4 amide bonds. The van der Waals surface area contributed by atoms with Gasteiger partial charge < -0.3 is 14.7 Å². The number of benzene rings is 1. The van der Waals surface area contributed by atoms with E-state index in [1.54, 1.807) is 26.0 Å². The number of amides is 4. The molecule has 2 aromatic rings. The lowest BCUT2D eigenvalue weighted by molar-refractivity contribution is -0.139. The first-order valence-corrected chi connectivity index (χ1v) is 12.3. The maximum Gasteiger partial charge on any atom is 0.325 e. The molecule has 0 saturated carbocycles. The second-order valence-corrected chi connectivity index (χ2v) is 10.6. The maximum absolute atomic E-state index is 13.2. The first-order valence-electron chi connectivity index (χ1n) is 10.9. The van der Waals surface area contributed by atoms with Gasteiger partial charge in [-0.05, 0) is 38.8 Å². The molecule has 4 rings (SSSR count). The van der Waals surface area contributed by atoms with Gasteiger partial charge in [0.05, 0.1) is 0 Å². The lowest BCUT2D eigenvalue weighted by Gasteiger charge is -2.34. The molecule has 12 heteroatoms. The third kappa shape index (κ3) is 3.86. The van der Waals surface area contributed by atoms with Crippen molar-refractivity contribution in [2.75, 3.05) is 32.7 Å². The van der Waals surface area contributed by atoms with Crippen LogP contribution in [-0.4, -0.2) is 78.2 Å². The number of aryl methyl sites for hydroxylation is 3. The second-order valence-electron chi connectivity index (χ2n) is 8.70. The van der Waals surface area contributed by atoms with Crippen LogP contribution in [0.1, 0.15) is 29.5 Å². The zero-order valence-corrected chi connectivity index (χ0v) is 20.3. The van der Waals surface area contributed by atoms with Gasteiger partial charge in [0.15, 0.2) is 5.76 Å². The van der Waals surface area contributed by atoms with Gasteiger partial charge in [-0.15, -0.1) is 0 Å². The highest BCUT2D eigenvalue weighted by molar-refractivity contribution is 7.89. The summed E-state index contributed by atoms with van der Waals surface area (Å²) in [5.41, 5.74) is 0.541. The van der Waals surface area contributed by atoms with E-state index in [4.69, 9.17) is 4.52 Å². The SMILES string of the molecule is Cc1ccccc1C1(C)NC(=O)N(CC(=O)N2CCN(S(=O)(=O)c3c(C)noc3C)CC2)C1=O. The summed E-state index contributed by atoms with van der Waals surface area (Å²) in [6.07, 6.45) is 0. The highest BCUT2D eigenvalue weighted by Crippen LogP contribution is 2.31. The summed E-state index contributed by atoms with van der Waals surface area (Å²) < 4.78 is 32.2. The fourth-order valence-electron chi connectivity index (χ4n) is 4.54. The van der Waals surface area contributed by atoms with E-state index < -0.39 is 40.0 Å². The Morgan fingerprint density at radius 2 is 1.76 bits per heavy atom. The van der Waals surface area contributed by atoms with E-state index in [2.05, 4.69) is 10.5 Å². The van der Waals surface area contributed by atoms with E-state index in [0.717, 1.165) is 10.5 Å².